The zero-order valence-corrected chi connectivity index (χ0v) is 11.0. The van der Waals surface area contributed by atoms with Gasteiger partial charge in [-0.15, -0.1) is 0 Å². The summed E-state index contributed by atoms with van der Waals surface area (Å²) in [5.41, 5.74) is 9.48. The van der Waals surface area contributed by atoms with E-state index in [4.69, 9.17) is 16.2 Å². The first-order valence-electron chi connectivity index (χ1n) is 5.66. The molecule has 0 saturated heterocycles. The van der Waals surface area contributed by atoms with E-state index in [2.05, 4.69) is 5.32 Å². The average Bonchev–Trinajstić information content (AvgIpc) is 2.20. The zero-order valence-electron chi connectivity index (χ0n) is 11.0. The zero-order chi connectivity index (χ0) is 14.3. The summed E-state index contributed by atoms with van der Waals surface area (Å²) < 4.78 is 5.13. The van der Waals surface area contributed by atoms with Crippen LogP contribution < -0.4 is 16.8 Å². The quantitative estimate of drug-likeness (QED) is 0.530. The minimum Gasteiger partial charge on any atom is -0.458 e. The smallest absolute Gasteiger partial charge is 0.329 e. The molecule has 0 aliphatic carbocycles. The van der Waals surface area contributed by atoms with Gasteiger partial charge in [-0.1, -0.05) is 0 Å². The number of primary amides is 1. The molecular weight excluding hydrogens is 238 g/mol. The molecular formula is C11H21N3O4. The molecule has 0 aromatic heterocycles. The standard InChI is InChI=1S/C11H21N3O4/c1-11(2,3)18-10(17)7(4-5-8(13)15)14-9(16)6-12/h7H,4-6,12H2,1-3H3,(H2,13,15)(H,14,16)/t7-/m0/s1. The molecule has 0 heterocycles. The summed E-state index contributed by atoms with van der Waals surface area (Å²) in [4.78, 5) is 33.7. The van der Waals surface area contributed by atoms with E-state index in [0.29, 0.717) is 0 Å². The number of nitrogens with one attached hydrogen (secondary N) is 1. The van der Waals surface area contributed by atoms with Gasteiger partial charge in [0.2, 0.25) is 11.8 Å². The maximum Gasteiger partial charge on any atom is 0.329 e. The van der Waals surface area contributed by atoms with Crippen LogP contribution in [0.25, 0.3) is 0 Å². The Labute approximate surface area is 106 Å². The van der Waals surface area contributed by atoms with Gasteiger partial charge >= 0.3 is 5.97 Å². The summed E-state index contributed by atoms with van der Waals surface area (Å²) in [7, 11) is 0. The van der Waals surface area contributed by atoms with Gasteiger partial charge in [-0.05, 0) is 27.2 Å². The molecule has 2 amide bonds. The lowest BCUT2D eigenvalue weighted by molar-refractivity contribution is -0.158. The second kappa shape index (κ2) is 6.95. The molecule has 0 bridgehead atoms. The number of hydrogen-bond acceptors (Lipinski definition) is 5. The second-order valence-corrected chi connectivity index (χ2v) is 4.86. The Kier molecular flexibility index (Phi) is 6.32. The Morgan fingerprint density at radius 2 is 1.83 bits per heavy atom. The van der Waals surface area contributed by atoms with Crippen LogP contribution in [0.5, 0.6) is 0 Å². The van der Waals surface area contributed by atoms with Crippen molar-refractivity contribution in [3.63, 3.8) is 0 Å². The van der Waals surface area contributed by atoms with Gasteiger partial charge in [-0.2, -0.15) is 0 Å². The molecule has 1 atom stereocenters. The Hall–Kier alpha value is -1.63. The molecule has 104 valence electrons. The summed E-state index contributed by atoms with van der Waals surface area (Å²) in [5, 5.41) is 2.40. The molecule has 0 spiro atoms. The van der Waals surface area contributed by atoms with Crippen LogP contribution in [0.15, 0.2) is 0 Å². The first-order valence-corrected chi connectivity index (χ1v) is 5.66. The number of ether oxygens (including phenoxy) is 1. The van der Waals surface area contributed by atoms with E-state index in [1.807, 2.05) is 0 Å². The third-order valence-electron chi connectivity index (χ3n) is 1.89. The number of carbonyl (C=O) groups is 3. The van der Waals surface area contributed by atoms with E-state index in [1.165, 1.54) is 0 Å². The lowest BCUT2D eigenvalue weighted by atomic mass is 10.1. The fourth-order valence-corrected chi connectivity index (χ4v) is 1.16. The van der Waals surface area contributed by atoms with Crippen LogP contribution in [-0.2, 0) is 19.1 Å². The molecule has 0 aromatic carbocycles. The van der Waals surface area contributed by atoms with Crippen LogP contribution in [-0.4, -0.2) is 36.0 Å². The number of rotatable bonds is 6. The van der Waals surface area contributed by atoms with Gasteiger partial charge < -0.3 is 21.5 Å². The summed E-state index contributed by atoms with van der Waals surface area (Å²) in [6.45, 7) is 4.89. The van der Waals surface area contributed by atoms with E-state index in [1.54, 1.807) is 20.8 Å². The summed E-state index contributed by atoms with van der Waals surface area (Å²) in [5.74, 6) is -1.65. The monoisotopic (exact) mass is 259 g/mol. The summed E-state index contributed by atoms with van der Waals surface area (Å²) in [6.07, 6.45) is 0.0742. The van der Waals surface area contributed by atoms with Crippen LogP contribution in [0.4, 0.5) is 0 Å². The predicted molar refractivity (Wildman–Crippen MR) is 65.3 cm³/mol. The molecule has 0 aromatic rings. The minimum atomic E-state index is -0.909. The van der Waals surface area contributed by atoms with Crippen LogP contribution in [0.2, 0.25) is 0 Å². The van der Waals surface area contributed by atoms with Crippen LogP contribution in [0.1, 0.15) is 33.6 Å². The highest BCUT2D eigenvalue weighted by Gasteiger charge is 2.26. The molecule has 7 heteroatoms. The molecule has 5 N–H and O–H groups in total. The number of hydrogen-bond donors (Lipinski definition) is 3. The fourth-order valence-electron chi connectivity index (χ4n) is 1.16. The number of carbonyl (C=O) groups excluding carboxylic acids is 3. The van der Waals surface area contributed by atoms with Gasteiger partial charge in [0.1, 0.15) is 11.6 Å². The topological polar surface area (TPSA) is 125 Å². The minimum absolute atomic E-state index is 0.0191. The van der Waals surface area contributed by atoms with Gasteiger partial charge in [0, 0.05) is 6.42 Å². The fraction of sp³-hybridized carbons (Fsp3) is 0.727. The predicted octanol–water partition coefficient (Wildman–Crippen LogP) is -0.963. The van der Waals surface area contributed by atoms with Crippen LogP contribution in [0.3, 0.4) is 0 Å². The van der Waals surface area contributed by atoms with Crippen LogP contribution >= 0.6 is 0 Å². The maximum atomic E-state index is 11.8. The highest BCUT2D eigenvalue weighted by molar-refractivity contribution is 5.86. The lowest BCUT2D eigenvalue weighted by Crippen LogP contribution is -2.46. The van der Waals surface area contributed by atoms with E-state index in [-0.39, 0.29) is 19.4 Å². The lowest BCUT2D eigenvalue weighted by Gasteiger charge is -2.24. The second-order valence-electron chi connectivity index (χ2n) is 4.86. The molecule has 18 heavy (non-hydrogen) atoms. The third-order valence-corrected chi connectivity index (χ3v) is 1.89. The van der Waals surface area contributed by atoms with E-state index in [9.17, 15) is 14.4 Å². The number of nitrogens with two attached hydrogens (primary N) is 2. The van der Waals surface area contributed by atoms with Gasteiger partial charge in [0.25, 0.3) is 0 Å². The third kappa shape index (κ3) is 7.61. The maximum absolute atomic E-state index is 11.8. The molecule has 0 unspecified atom stereocenters. The highest BCUT2D eigenvalue weighted by Crippen LogP contribution is 2.10. The van der Waals surface area contributed by atoms with E-state index in [0.717, 1.165) is 0 Å². The first-order chi connectivity index (χ1) is 8.15. The Balaban J connectivity index is 4.58. The number of amides is 2. The van der Waals surface area contributed by atoms with Crippen molar-refractivity contribution in [3.8, 4) is 0 Å². The van der Waals surface area contributed by atoms with Crippen molar-refractivity contribution in [2.24, 2.45) is 11.5 Å². The van der Waals surface area contributed by atoms with Crippen molar-refractivity contribution in [1.82, 2.24) is 5.32 Å². The average molecular weight is 259 g/mol. The Morgan fingerprint density at radius 3 is 2.22 bits per heavy atom. The van der Waals surface area contributed by atoms with Crippen molar-refractivity contribution >= 4 is 17.8 Å². The molecule has 0 saturated carbocycles. The molecule has 7 nitrogen and oxygen atoms in total. The Bertz CT molecular complexity index is 323. The van der Waals surface area contributed by atoms with Crippen molar-refractivity contribution in [1.29, 1.82) is 0 Å². The van der Waals surface area contributed by atoms with E-state index < -0.39 is 29.4 Å². The number of esters is 1. The van der Waals surface area contributed by atoms with Crippen LogP contribution in [0, 0.1) is 0 Å². The van der Waals surface area contributed by atoms with Gasteiger partial charge in [0.05, 0.1) is 6.54 Å². The van der Waals surface area contributed by atoms with E-state index >= 15 is 0 Å². The van der Waals surface area contributed by atoms with Gasteiger partial charge in [-0.25, -0.2) is 4.79 Å². The van der Waals surface area contributed by atoms with Gasteiger partial charge in [-0.3, -0.25) is 9.59 Å². The molecule has 0 rings (SSSR count). The first kappa shape index (κ1) is 16.4. The summed E-state index contributed by atoms with van der Waals surface area (Å²) in [6, 6.07) is -0.909. The van der Waals surface area contributed by atoms with Crippen molar-refractivity contribution in [2.45, 2.75) is 45.3 Å². The normalized spacial score (nSPS) is 12.7. The SMILES string of the molecule is CC(C)(C)OC(=O)[C@H](CCC(N)=O)NC(=O)CN. The Morgan fingerprint density at radius 1 is 1.28 bits per heavy atom. The van der Waals surface area contributed by atoms with Gasteiger partial charge in [0.15, 0.2) is 0 Å². The molecule has 0 radical (unpaired) electrons. The molecule has 0 aliphatic heterocycles. The van der Waals surface area contributed by atoms with Crippen molar-refractivity contribution < 1.29 is 19.1 Å². The van der Waals surface area contributed by atoms with Crippen molar-refractivity contribution in [3.05, 3.63) is 0 Å². The summed E-state index contributed by atoms with van der Waals surface area (Å²) >= 11 is 0. The molecule has 0 fully saturated rings. The highest BCUT2D eigenvalue weighted by atomic mass is 16.6. The largest absolute Gasteiger partial charge is 0.458 e. The van der Waals surface area contributed by atoms with Crippen molar-refractivity contribution in [2.75, 3.05) is 6.54 Å². The molecule has 0 aliphatic rings.